The maximum Gasteiger partial charge on any atom is 0.320 e. The van der Waals surface area contributed by atoms with Gasteiger partial charge in [0.15, 0.2) is 0 Å². The predicted molar refractivity (Wildman–Crippen MR) is 63.8 cm³/mol. The minimum absolute atomic E-state index is 0.541. The predicted octanol–water partition coefficient (Wildman–Crippen LogP) is 3.30. The van der Waals surface area contributed by atoms with Crippen molar-refractivity contribution >= 4 is 11.5 Å². The molecule has 0 amide bonds. The molecule has 83 valence electrons. The molecule has 0 fully saturated rings. The molecule has 1 aromatic carbocycles. The second-order valence-electron chi connectivity index (χ2n) is 4.00. The largest absolute Gasteiger partial charge is 0.480 e. The summed E-state index contributed by atoms with van der Waals surface area (Å²) >= 11 is 0. The van der Waals surface area contributed by atoms with Crippen LogP contribution in [0.1, 0.15) is 31.7 Å². The molecule has 2 heteroatoms. The van der Waals surface area contributed by atoms with E-state index in [0.29, 0.717) is 5.92 Å². The first-order valence-electron chi connectivity index (χ1n) is 5.65. The van der Waals surface area contributed by atoms with Crippen molar-refractivity contribution in [1.29, 1.82) is 0 Å². The first-order chi connectivity index (χ1) is 7.75. The molecule has 1 aliphatic rings. The molecule has 0 unspecified atom stereocenters. The molecule has 0 saturated heterocycles. The number of hydrogen-bond donors (Lipinski definition) is 1. The number of hydrogen-bond acceptors (Lipinski definition) is 1. The van der Waals surface area contributed by atoms with Gasteiger partial charge in [0.1, 0.15) is 5.92 Å². The van der Waals surface area contributed by atoms with E-state index in [0.717, 1.165) is 36.0 Å². The maximum atomic E-state index is 11.0. The average Bonchev–Trinajstić information content (AvgIpc) is 3.02. The van der Waals surface area contributed by atoms with Gasteiger partial charge in [0.2, 0.25) is 0 Å². The van der Waals surface area contributed by atoms with Crippen LogP contribution in [0.2, 0.25) is 0 Å². The summed E-state index contributed by atoms with van der Waals surface area (Å²) in [4.78, 5) is 11.0. The number of rotatable bonds is 5. The molecule has 0 saturated carbocycles. The molecule has 0 aromatic heterocycles. The van der Waals surface area contributed by atoms with Gasteiger partial charge in [0, 0.05) is 0 Å². The Kier molecular flexibility index (Phi) is 3.09. The van der Waals surface area contributed by atoms with Crippen molar-refractivity contribution < 1.29 is 9.90 Å². The van der Waals surface area contributed by atoms with Crippen molar-refractivity contribution in [2.24, 2.45) is 0 Å². The van der Waals surface area contributed by atoms with E-state index in [1.54, 1.807) is 0 Å². The molecule has 1 radical (unpaired) electrons. The van der Waals surface area contributed by atoms with Crippen LogP contribution in [0, 0.1) is 5.92 Å². The second-order valence-corrected chi connectivity index (χ2v) is 4.00. The molecular weight excluding hydrogens is 200 g/mol. The van der Waals surface area contributed by atoms with Crippen LogP contribution in [-0.2, 0) is 4.79 Å². The lowest BCUT2D eigenvalue weighted by Crippen LogP contribution is -1.99. The van der Waals surface area contributed by atoms with Crippen molar-refractivity contribution in [3.05, 3.63) is 47.4 Å². The van der Waals surface area contributed by atoms with Gasteiger partial charge in [0.05, 0.1) is 0 Å². The fourth-order valence-corrected chi connectivity index (χ4v) is 1.99. The Bertz CT molecular complexity index is 418. The molecule has 0 atom stereocenters. The summed E-state index contributed by atoms with van der Waals surface area (Å²) in [5, 5.41) is 9.08. The van der Waals surface area contributed by atoms with Gasteiger partial charge in [-0.25, -0.2) is 0 Å². The highest BCUT2D eigenvalue weighted by molar-refractivity contribution is 6.18. The smallest absolute Gasteiger partial charge is 0.320 e. The van der Waals surface area contributed by atoms with E-state index < -0.39 is 5.97 Å². The van der Waals surface area contributed by atoms with E-state index in [2.05, 4.69) is 6.92 Å². The highest BCUT2D eigenvalue weighted by Crippen LogP contribution is 2.51. The third-order valence-corrected chi connectivity index (χ3v) is 2.85. The van der Waals surface area contributed by atoms with Gasteiger partial charge >= 0.3 is 5.97 Å². The summed E-state index contributed by atoms with van der Waals surface area (Å²) in [5.41, 5.74) is 3.04. The Hall–Kier alpha value is -1.57. The van der Waals surface area contributed by atoms with Gasteiger partial charge in [-0.3, -0.25) is 4.79 Å². The zero-order valence-electron chi connectivity index (χ0n) is 9.36. The Morgan fingerprint density at radius 3 is 2.50 bits per heavy atom. The van der Waals surface area contributed by atoms with Crippen LogP contribution in [0.5, 0.6) is 0 Å². The lowest BCUT2D eigenvalue weighted by molar-refractivity contribution is -0.133. The molecule has 2 nitrogen and oxygen atoms in total. The van der Waals surface area contributed by atoms with E-state index in [4.69, 9.17) is 5.11 Å². The van der Waals surface area contributed by atoms with Crippen LogP contribution in [0.25, 0.3) is 5.57 Å². The SMILES string of the molecule is CCCCC1=C(c2ccccc2)[C]1C(=O)O. The van der Waals surface area contributed by atoms with Crippen LogP contribution in [0.3, 0.4) is 0 Å². The van der Waals surface area contributed by atoms with Gasteiger partial charge in [-0.2, -0.15) is 0 Å². The summed E-state index contributed by atoms with van der Waals surface area (Å²) in [6, 6.07) is 9.77. The first-order valence-corrected chi connectivity index (χ1v) is 5.65. The van der Waals surface area contributed by atoms with Crippen molar-refractivity contribution in [2.75, 3.05) is 0 Å². The molecule has 0 bridgehead atoms. The third-order valence-electron chi connectivity index (χ3n) is 2.85. The lowest BCUT2D eigenvalue weighted by atomic mass is 10.1. The minimum Gasteiger partial charge on any atom is -0.480 e. The third kappa shape index (κ3) is 2.01. The molecule has 0 aliphatic heterocycles. The topological polar surface area (TPSA) is 37.3 Å². The molecule has 16 heavy (non-hydrogen) atoms. The summed E-state index contributed by atoms with van der Waals surface area (Å²) in [6.45, 7) is 2.12. The van der Waals surface area contributed by atoms with Crippen molar-refractivity contribution in [2.45, 2.75) is 26.2 Å². The summed E-state index contributed by atoms with van der Waals surface area (Å²) < 4.78 is 0. The zero-order valence-corrected chi connectivity index (χ0v) is 9.36. The van der Waals surface area contributed by atoms with Crippen molar-refractivity contribution in [1.82, 2.24) is 0 Å². The van der Waals surface area contributed by atoms with Gasteiger partial charge in [-0.05, 0) is 29.6 Å². The Morgan fingerprint density at radius 1 is 1.25 bits per heavy atom. The number of benzene rings is 1. The molecule has 0 heterocycles. The highest BCUT2D eigenvalue weighted by Gasteiger charge is 2.43. The second kappa shape index (κ2) is 4.52. The highest BCUT2D eigenvalue weighted by atomic mass is 16.4. The van der Waals surface area contributed by atoms with Crippen LogP contribution in [0.15, 0.2) is 35.9 Å². The number of carbonyl (C=O) groups is 1. The minimum atomic E-state index is -0.787. The normalized spacial score (nSPS) is 15.3. The molecule has 1 aliphatic carbocycles. The molecule has 0 spiro atoms. The van der Waals surface area contributed by atoms with E-state index in [-0.39, 0.29) is 0 Å². The number of aliphatic carboxylic acids is 1. The van der Waals surface area contributed by atoms with E-state index in [1.807, 2.05) is 30.3 Å². The first kappa shape index (κ1) is 10.9. The maximum absolute atomic E-state index is 11.0. The van der Waals surface area contributed by atoms with E-state index in [9.17, 15) is 4.79 Å². The Balaban J connectivity index is 2.18. The molecule has 2 rings (SSSR count). The number of carboxylic acid groups (broad SMARTS) is 1. The lowest BCUT2D eigenvalue weighted by Gasteiger charge is -1.94. The zero-order chi connectivity index (χ0) is 11.5. The van der Waals surface area contributed by atoms with Gasteiger partial charge in [0.25, 0.3) is 0 Å². The van der Waals surface area contributed by atoms with E-state index in [1.165, 1.54) is 0 Å². The fourth-order valence-electron chi connectivity index (χ4n) is 1.99. The van der Waals surface area contributed by atoms with Crippen molar-refractivity contribution in [3.63, 3.8) is 0 Å². The average molecular weight is 215 g/mol. The van der Waals surface area contributed by atoms with Crippen LogP contribution >= 0.6 is 0 Å². The Morgan fingerprint density at radius 2 is 1.94 bits per heavy atom. The van der Waals surface area contributed by atoms with Gasteiger partial charge in [-0.15, -0.1) is 0 Å². The molecule has 1 N–H and O–H groups in total. The monoisotopic (exact) mass is 215 g/mol. The van der Waals surface area contributed by atoms with Gasteiger partial charge in [-0.1, -0.05) is 43.7 Å². The summed E-state index contributed by atoms with van der Waals surface area (Å²) in [5.74, 6) is -0.246. The summed E-state index contributed by atoms with van der Waals surface area (Å²) in [6.07, 6.45) is 3.04. The van der Waals surface area contributed by atoms with Crippen LogP contribution in [-0.4, -0.2) is 11.1 Å². The van der Waals surface area contributed by atoms with Gasteiger partial charge < -0.3 is 5.11 Å². The number of unbranched alkanes of at least 4 members (excludes halogenated alkanes) is 1. The van der Waals surface area contributed by atoms with Crippen LogP contribution < -0.4 is 0 Å². The van der Waals surface area contributed by atoms with Crippen LogP contribution in [0.4, 0.5) is 0 Å². The Labute approximate surface area is 95.6 Å². The summed E-state index contributed by atoms with van der Waals surface area (Å²) in [7, 11) is 0. The van der Waals surface area contributed by atoms with E-state index >= 15 is 0 Å². The quantitative estimate of drug-likeness (QED) is 0.818. The molecule has 1 aromatic rings. The fraction of sp³-hybridized carbons (Fsp3) is 0.286. The number of carboxylic acids is 1. The standard InChI is InChI=1S/C14H15O2/c1-2-3-9-11-12(13(11)14(15)16)10-7-5-4-6-8-10/h4-8H,2-3,9H2,1H3,(H,15,16). The molecular formula is C14H15O2. The van der Waals surface area contributed by atoms with Crippen molar-refractivity contribution in [3.8, 4) is 0 Å².